The zero-order valence-corrected chi connectivity index (χ0v) is 19.0. The summed E-state index contributed by atoms with van der Waals surface area (Å²) in [5.41, 5.74) is 1.64. The van der Waals surface area contributed by atoms with E-state index in [0.29, 0.717) is 30.1 Å². The van der Waals surface area contributed by atoms with E-state index in [0.717, 1.165) is 19.4 Å². The van der Waals surface area contributed by atoms with Crippen LogP contribution in [0.1, 0.15) is 59.9 Å². The molecule has 1 aromatic carbocycles. The molecule has 1 saturated heterocycles. The van der Waals surface area contributed by atoms with Crippen molar-refractivity contribution in [2.45, 2.75) is 82.7 Å². The minimum Gasteiger partial charge on any atom is -0.412 e. The molecule has 1 saturated carbocycles. The second-order valence-corrected chi connectivity index (χ2v) is 16.0. The van der Waals surface area contributed by atoms with E-state index in [-0.39, 0.29) is 16.7 Å². The lowest BCUT2D eigenvalue weighted by Gasteiger charge is -2.52. The van der Waals surface area contributed by atoms with Crippen molar-refractivity contribution in [1.82, 2.24) is 0 Å². The van der Waals surface area contributed by atoms with E-state index in [9.17, 15) is 5.11 Å². The summed E-state index contributed by atoms with van der Waals surface area (Å²) in [6.07, 6.45) is 2.48. The van der Waals surface area contributed by atoms with Crippen LogP contribution in [-0.4, -0.2) is 32.7 Å². The van der Waals surface area contributed by atoms with E-state index in [4.69, 9.17) is 9.16 Å². The first-order valence-electron chi connectivity index (χ1n) is 10.5. The lowest BCUT2D eigenvalue weighted by Crippen LogP contribution is -2.57. The van der Waals surface area contributed by atoms with Crippen molar-refractivity contribution in [2.24, 2.45) is 11.8 Å². The zero-order chi connectivity index (χ0) is 19.9. The average molecular weight is 391 g/mol. The molecule has 1 N–H and O–H groups in total. The number of ether oxygens (including phenoxy) is 1. The van der Waals surface area contributed by atoms with Gasteiger partial charge in [-0.2, -0.15) is 0 Å². The standard InChI is InChI=1S/C23H38O3Si/c1-22(2,3)27(23(4,5)6)20(16-25-15-17-10-8-7-9-11-17)21-18(14-24)12-13-19(21)26-27/h7-11,18-21,24H,12-16H2,1-6H3/t18?,19-,20+,21+/m1/s1. The molecule has 1 aliphatic heterocycles. The fourth-order valence-electron chi connectivity index (χ4n) is 6.30. The Balaban J connectivity index is 1.89. The molecular formula is C23H38O3Si. The maximum atomic E-state index is 10.0. The molecule has 3 rings (SSSR count). The Labute approximate surface area is 166 Å². The molecule has 4 heteroatoms. The fourth-order valence-corrected chi connectivity index (χ4v) is 13.8. The third-order valence-electron chi connectivity index (χ3n) is 6.99. The molecule has 0 amide bonds. The van der Waals surface area contributed by atoms with Crippen molar-refractivity contribution < 1.29 is 14.3 Å². The van der Waals surface area contributed by atoms with Crippen LogP contribution in [-0.2, 0) is 15.8 Å². The van der Waals surface area contributed by atoms with Gasteiger partial charge in [-0.1, -0.05) is 71.9 Å². The minimum absolute atomic E-state index is 0.121. The van der Waals surface area contributed by atoms with E-state index in [1.807, 2.05) is 6.07 Å². The van der Waals surface area contributed by atoms with Gasteiger partial charge in [0.05, 0.1) is 13.2 Å². The van der Waals surface area contributed by atoms with E-state index in [1.165, 1.54) is 5.56 Å². The third kappa shape index (κ3) is 3.66. The molecule has 1 aromatic rings. The van der Waals surface area contributed by atoms with Crippen LogP contribution in [0.15, 0.2) is 30.3 Å². The van der Waals surface area contributed by atoms with Crippen LogP contribution in [0, 0.1) is 11.8 Å². The summed E-state index contributed by atoms with van der Waals surface area (Å²) in [6, 6.07) is 10.4. The first kappa shape index (κ1) is 21.0. The summed E-state index contributed by atoms with van der Waals surface area (Å²) in [6.45, 7) is 15.9. The molecule has 1 aliphatic carbocycles. The predicted octanol–water partition coefficient (Wildman–Crippen LogP) is 5.54. The number of benzene rings is 1. The van der Waals surface area contributed by atoms with Gasteiger partial charge in [0.2, 0.25) is 8.32 Å². The van der Waals surface area contributed by atoms with E-state index >= 15 is 0 Å². The Bertz CT molecular complexity index is 603. The van der Waals surface area contributed by atoms with Crippen LogP contribution < -0.4 is 0 Å². The van der Waals surface area contributed by atoms with Crippen LogP contribution in [0.25, 0.3) is 0 Å². The van der Waals surface area contributed by atoms with Crippen LogP contribution in [0.3, 0.4) is 0 Å². The maximum Gasteiger partial charge on any atom is 0.209 e. The Kier molecular flexibility index (Phi) is 5.94. The highest BCUT2D eigenvalue weighted by atomic mass is 28.4. The summed E-state index contributed by atoms with van der Waals surface area (Å²) in [4.78, 5) is 0. The van der Waals surface area contributed by atoms with Gasteiger partial charge in [-0.05, 0) is 40.3 Å². The molecule has 3 nitrogen and oxygen atoms in total. The molecule has 27 heavy (non-hydrogen) atoms. The molecule has 4 atom stereocenters. The van der Waals surface area contributed by atoms with Gasteiger partial charge >= 0.3 is 0 Å². The van der Waals surface area contributed by atoms with Gasteiger partial charge in [-0.3, -0.25) is 0 Å². The fraction of sp³-hybridized carbons (Fsp3) is 0.739. The minimum atomic E-state index is -2.19. The van der Waals surface area contributed by atoms with Gasteiger partial charge in [0.1, 0.15) is 0 Å². The molecule has 0 radical (unpaired) electrons. The Morgan fingerprint density at radius 1 is 1.04 bits per heavy atom. The summed E-state index contributed by atoms with van der Waals surface area (Å²) in [7, 11) is -2.19. The molecule has 0 bridgehead atoms. The molecule has 1 heterocycles. The summed E-state index contributed by atoms with van der Waals surface area (Å²) in [5.74, 6) is 0.801. The van der Waals surface area contributed by atoms with Crippen LogP contribution >= 0.6 is 0 Å². The number of hydrogen-bond donors (Lipinski definition) is 1. The van der Waals surface area contributed by atoms with Crippen LogP contribution in [0.4, 0.5) is 0 Å². The first-order valence-corrected chi connectivity index (χ1v) is 12.5. The number of hydrogen-bond acceptors (Lipinski definition) is 3. The monoisotopic (exact) mass is 390 g/mol. The van der Waals surface area contributed by atoms with Crippen molar-refractivity contribution in [3.05, 3.63) is 35.9 Å². The third-order valence-corrected chi connectivity index (χ3v) is 13.7. The maximum absolute atomic E-state index is 10.0. The molecule has 1 unspecified atom stereocenters. The van der Waals surface area contributed by atoms with Crippen LogP contribution in [0.2, 0.25) is 15.6 Å². The van der Waals surface area contributed by atoms with E-state index in [2.05, 4.69) is 65.8 Å². The molecule has 2 fully saturated rings. The van der Waals surface area contributed by atoms with E-state index in [1.54, 1.807) is 0 Å². The second kappa shape index (κ2) is 7.62. The smallest absolute Gasteiger partial charge is 0.209 e. The quantitative estimate of drug-likeness (QED) is 0.671. The molecule has 152 valence electrons. The van der Waals surface area contributed by atoms with Gasteiger partial charge in [-0.25, -0.2) is 0 Å². The lowest BCUT2D eigenvalue weighted by atomic mass is 9.92. The zero-order valence-electron chi connectivity index (χ0n) is 18.0. The van der Waals surface area contributed by atoms with Gasteiger partial charge in [0.25, 0.3) is 0 Å². The first-order chi connectivity index (χ1) is 12.6. The highest BCUT2D eigenvalue weighted by Gasteiger charge is 2.69. The highest BCUT2D eigenvalue weighted by Crippen LogP contribution is 2.67. The number of aliphatic hydroxyl groups excluding tert-OH is 1. The second-order valence-electron chi connectivity index (χ2n) is 10.6. The molecule has 0 spiro atoms. The molecule has 2 aliphatic rings. The van der Waals surface area contributed by atoms with Crippen molar-refractivity contribution in [2.75, 3.05) is 13.2 Å². The lowest BCUT2D eigenvalue weighted by molar-refractivity contribution is 0.0879. The summed E-state index contributed by atoms with van der Waals surface area (Å²) < 4.78 is 13.4. The largest absolute Gasteiger partial charge is 0.412 e. The van der Waals surface area contributed by atoms with Crippen molar-refractivity contribution in [3.63, 3.8) is 0 Å². The predicted molar refractivity (Wildman–Crippen MR) is 113 cm³/mol. The van der Waals surface area contributed by atoms with Gasteiger partial charge in [-0.15, -0.1) is 0 Å². The van der Waals surface area contributed by atoms with Gasteiger partial charge in [0.15, 0.2) is 0 Å². The highest BCUT2D eigenvalue weighted by molar-refractivity contribution is 6.81. The normalized spacial score (nSPS) is 30.5. The SMILES string of the molecule is CC(C)(C)[Si]1(C(C)(C)C)O[C@@H]2CCC(CO)[C@@H]2[C@@H]1COCc1ccccc1. The Morgan fingerprint density at radius 2 is 1.67 bits per heavy atom. The van der Waals surface area contributed by atoms with E-state index < -0.39 is 8.32 Å². The Morgan fingerprint density at radius 3 is 2.22 bits per heavy atom. The molecular weight excluding hydrogens is 352 g/mol. The summed E-state index contributed by atoms with van der Waals surface area (Å²) in [5, 5.41) is 10.3. The van der Waals surface area contributed by atoms with Gasteiger partial charge < -0.3 is 14.3 Å². The van der Waals surface area contributed by atoms with Crippen LogP contribution in [0.5, 0.6) is 0 Å². The number of fused-ring (bicyclic) bond motifs is 1. The van der Waals surface area contributed by atoms with Gasteiger partial charge in [0, 0.05) is 18.3 Å². The topological polar surface area (TPSA) is 38.7 Å². The molecule has 0 aromatic heterocycles. The van der Waals surface area contributed by atoms with Crippen molar-refractivity contribution in [3.8, 4) is 0 Å². The average Bonchev–Trinajstić information content (AvgIpc) is 3.12. The Hall–Kier alpha value is -0.683. The number of rotatable bonds is 5. The summed E-state index contributed by atoms with van der Waals surface area (Å²) >= 11 is 0. The van der Waals surface area contributed by atoms with Crippen molar-refractivity contribution >= 4 is 8.32 Å². The van der Waals surface area contributed by atoms with Crippen molar-refractivity contribution in [1.29, 1.82) is 0 Å². The number of aliphatic hydroxyl groups is 1.